The summed E-state index contributed by atoms with van der Waals surface area (Å²) in [5.74, 6) is 0.778. The van der Waals surface area contributed by atoms with Gasteiger partial charge in [-0.1, -0.05) is 39.1 Å². The fourth-order valence-corrected chi connectivity index (χ4v) is 2.33. The van der Waals surface area contributed by atoms with Gasteiger partial charge in [0.1, 0.15) is 5.75 Å². The predicted molar refractivity (Wildman–Crippen MR) is 93.0 cm³/mol. The van der Waals surface area contributed by atoms with Gasteiger partial charge < -0.3 is 4.74 Å². The average molecular weight is 388 g/mol. The molecule has 21 heavy (non-hydrogen) atoms. The molecule has 0 atom stereocenters. The number of hydrogen-bond acceptors (Lipinski definition) is 3. The molecule has 2 rings (SSSR count). The second kappa shape index (κ2) is 7.69. The summed E-state index contributed by atoms with van der Waals surface area (Å²) >= 11 is 15.2. The Morgan fingerprint density at radius 1 is 1.19 bits per heavy atom. The number of hydrazone groups is 1. The number of nitrogens with zero attached hydrogens (tertiary/aromatic N) is 1. The summed E-state index contributed by atoms with van der Waals surface area (Å²) in [7, 11) is 0. The lowest BCUT2D eigenvalue weighted by Crippen LogP contribution is -1.97. The van der Waals surface area contributed by atoms with Crippen molar-refractivity contribution < 1.29 is 4.74 Å². The zero-order chi connectivity index (χ0) is 15.2. The van der Waals surface area contributed by atoms with Crippen molar-refractivity contribution in [3.05, 3.63) is 56.5 Å². The smallest absolute Gasteiger partial charge is 0.128 e. The van der Waals surface area contributed by atoms with Crippen molar-refractivity contribution in [3.8, 4) is 5.75 Å². The van der Waals surface area contributed by atoms with Crippen LogP contribution >= 0.6 is 39.1 Å². The first kappa shape index (κ1) is 16.1. The third kappa shape index (κ3) is 4.63. The van der Waals surface area contributed by atoms with Gasteiger partial charge in [0, 0.05) is 10.0 Å². The molecule has 2 aromatic rings. The Bertz CT molecular complexity index is 662. The minimum Gasteiger partial charge on any atom is -0.493 e. The van der Waals surface area contributed by atoms with Crippen molar-refractivity contribution in [2.75, 3.05) is 12.0 Å². The maximum atomic E-state index is 5.95. The summed E-state index contributed by atoms with van der Waals surface area (Å²) in [4.78, 5) is 0. The number of ether oxygens (including phenoxy) is 1. The second-order valence-electron chi connectivity index (χ2n) is 4.11. The molecule has 0 bridgehead atoms. The van der Waals surface area contributed by atoms with E-state index in [0.29, 0.717) is 16.7 Å². The van der Waals surface area contributed by atoms with Crippen LogP contribution in [0.4, 0.5) is 5.69 Å². The van der Waals surface area contributed by atoms with Crippen LogP contribution in [-0.4, -0.2) is 12.8 Å². The summed E-state index contributed by atoms with van der Waals surface area (Å²) in [6.45, 7) is 2.54. The SMILES string of the molecule is CCOc1ccc(Br)cc1/C=N/Nc1ccc(Cl)c(Cl)c1. The Kier molecular flexibility index (Phi) is 5.91. The van der Waals surface area contributed by atoms with Gasteiger partial charge >= 0.3 is 0 Å². The molecule has 0 radical (unpaired) electrons. The van der Waals surface area contributed by atoms with E-state index in [0.717, 1.165) is 21.5 Å². The maximum Gasteiger partial charge on any atom is 0.128 e. The van der Waals surface area contributed by atoms with Gasteiger partial charge in [0.2, 0.25) is 0 Å². The molecule has 0 unspecified atom stereocenters. The van der Waals surface area contributed by atoms with Crippen molar-refractivity contribution in [2.24, 2.45) is 5.10 Å². The van der Waals surface area contributed by atoms with Crippen molar-refractivity contribution in [1.82, 2.24) is 0 Å². The highest BCUT2D eigenvalue weighted by Gasteiger charge is 2.02. The van der Waals surface area contributed by atoms with E-state index in [1.165, 1.54) is 0 Å². The molecule has 110 valence electrons. The number of rotatable bonds is 5. The maximum absolute atomic E-state index is 5.95. The van der Waals surface area contributed by atoms with E-state index in [-0.39, 0.29) is 0 Å². The first-order valence-electron chi connectivity index (χ1n) is 6.26. The van der Waals surface area contributed by atoms with Crippen LogP contribution in [0.2, 0.25) is 10.0 Å². The van der Waals surface area contributed by atoms with Gasteiger partial charge in [0.25, 0.3) is 0 Å². The minimum absolute atomic E-state index is 0.481. The molecule has 2 aromatic carbocycles. The molecule has 0 aliphatic carbocycles. The monoisotopic (exact) mass is 386 g/mol. The van der Waals surface area contributed by atoms with Gasteiger partial charge in [-0.05, 0) is 43.3 Å². The normalized spacial score (nSPS) is 10.9. The minimum atomic E-state index is 0.481. The summed E-state index contributed by atoms with van der Waals surface area (Å²) in [6.07, 6.45) is 1.69. The second-order valence-corrected chi connectivity index (χ2v) is 5.84. The van der Waals surface area contributed by atoms with Gasteiger partial charge in [-0.2, -0.15) is 5.10 Å². The summed E-state index contributed by atoms with van der Waals surface area (Å²) < 4.78 is 6.51. The van der Waals surface area contributed by atoms with Crippen molar-refractivity contribution in [3.63, 3.8) is 0 Å². The van der Waals surface area contributed by atoms with E-state index in [1.807, 2.05) is 25.1 Å². The third-order valence-electron chi connectivity index (χ3n) is 2.59. The van der Waals surface area contributed by atoms with Crippen LogP contribution in [0.5, 0.6) is 5.75 Å². The number of nitrogens with one attached hydrogen (secondary N) is 1. The highest BCUT2D eigenvalue weighted by molar-refractivity contribution is 9.10. The largest absolute Gasteiger partial charge is 0.493 e. The molecule has 0 aliphatic heterocycles. The lowest BCUT2D eigenvalue weighted by Gasteiger charge is -2.07. The molecule has 0 aromatic heterocycles. The fourth-order valence-electron chi connectivity index (χ4n) is 1.65. The summed E-state index contributed by atoms with van der Waals surface area (Å²) in [5, 5.41) is 5.18. The Labute approximate surface area is 142 Å². The van der Waals surface area contributed by atoms with Crippen LogP contribution in [0.25, 0.3) is 0 Å². The lowest BCUT2D eigenvalue weighted by atomic mass is 10.2. The van der Waals surface area contributed by atoms with Gasteiger partial charge in [-0.25, -0.2) is 0 Å². The molecule has 1 N–H and O–H groups in total. The van der Waals surface area contributed by atoms with Crippen LogP contribution in [-0.2, 0) is 0 Å². The molecule has 3 nitrogen and oxygen atoms in total. The third-order valence-corrected chi connectivity index (χ3v) is 3.82. The Hall–Kier alpha value is -1.23. The Balaban J connectivity index is 2.13. The zero-order valence-electron chi connectivity index (χ0n) is 11.2. The highest BCUT2D eigenvalue weighted by Crippen LogP contribution is 2.25. The van der Waals surface area contributed by atoms with E-state index >= 15 is 0 Å². The standard InChI is InChI=1S/C15H13BrCl2N2O/c1-2-21-15-6-3-11(16)7-10(15)9-19-20-12-4-5-13(17)14(18)8-12/h3-9,20H,2H2,1H3/b19-9+. The molecule has 0 fully saturated rings. The first-order chi connectivity index (χ1) is 10.1. The first-order valence-corrected chi connectivity index (χ1v) is 7.81. The molecule has 0 heterocycles. The quantitative estimate of drug-likeness (QED) is 0.535. The van der Waals surface area contributed by atoms with Gasteiger partial charge in [0.15, 0.2) is 0 Å². The van der Waals surface area contributed by atoms with E-state index < -0.39 is 0 Å². The predicted octanol–water partition coefficient (Wildman–Crippen LogP) is 5.60. The molecule has 0 aliphatic rings. The molecular weight excluding hydrogens is 375 g/mol. The topological polar surface area (TPSA) is 33.6 Å². The van der Waals surface area contributed by atoms with Crippen molar-refractivity contribution in [1.29, 1.82) is 0 Å². The van der Waals surface area contributed by atoms with E-state index in [9.17, 15) is 0 Å². The van der Waals surface area contributed by atoms with Crippen LogP contribution in [0, 0.1) is 0 Å². The van der Waals surface area contributed by atoms with Gasteiger partial charge in [-0.3, -0.25) is 5.43 Å². The van der Waals surface area contributed by atoms with Gasteiger partial charge in [0.05, 0.1) is 28.6 Å². The average Bonchev–Trinajstić information content (AvgIpc) is 2.46. The Morgan fingerprint density at radius 2 is 2.00 bits per heavy atom. The van der Waals surface area contributed by atoms with Crippen LogP contribution in [0.3, 0.4) is 0 Å². The summed E-state index contributed by atoms with van der Waals surface area (Å²) in [6, 6.07) is 11.0. The number of anilines is 1. The van der Waals surface area contributed by atoms with Crippen LogP contribution < -0.4 is 10.2 Å². The zero-order valence-corrected chi connectivity index (χ0v) is 14.3. The van der Waals surface area contributed by atoms with Crippen LogP contribution in [0.1, 0.15) is 12.5 Å². The van der Waals surface area contributed by atoms with Crippen LogP contribution in [0.15, 0.2) is 46.0 Å². The number of benzene rings is 2. The lowest BCUT2D eigenvalue weighted by molar-refractivity contribution is 0.339. The molecule has 6 heteroatoms. The molecule has 0 saturated heterocycles. The number of halogens is 3. The van der Waals surface area contributed by atoms with E-state index in [1.54, 1.807) is 24.4 Å². The van der Waals surface area contributed by atoms with Crippen molar-refractivity contribution >= 4 is 51.0 Å². The van der Waals surface area contributed by atoms with Crippen molar-refractivity contribution in [2.45, 2.75) is 6.92 Å². The fraction of sp³-hybridized carbons (Fsp3) is 0.133. The number of hydrogen-bond donors (Lipinski definition) is 1. The molecule has 0 spiro atoms. The van der Waals surface area contributed by atoms with E-state index in [4.69, 9.17) is 27.9 Å². The van der Waals surface area contributed by atoms with Gasteiger partial charge in [-0.15, -0.1) is 0 Å². The van der Waals surface area contributed by atoms with E-state index in [2.05, 4.69) is 26.5 Å². The Morgan fingerprint density at radius 3 is 2.71 bits per heavy atom. The summed E-state index contributed by atoms with van der Waals surface area (Å²) in [5.41, 5.74) is 4.54. The highest BCUT2D eigenvalue weighted by atomic mass is 79.9. The molecule has 0 amide bonds. The molecular formula is C15H13BrCl2N2O. The molecule has 0 saturated carbocycles.